The van der Waals surface area contributed by atoms with E-state index in [1.807, 2.05) is 23.1 Å². The second-order valence-electron chi connectivity index (χ2n) is 4.07. The van der Waals surface area contributed by atoms with Crippen LogP contribution in [-0.4, -0.2) is 30.6 Å². The molecule has 0 aliphatic carbocycles. The molecular formula is C12H15BrN2O2. The number of hydrogen-bond acceptors (Lipinski definition) is 3. The van der Waals surface area contributed by atoms with Crippen molar-refractivity contribution in [3.05, 3.63) is 28.2 Å². The number of hydrogen-bond donors (Lipinski definition) is 2. The Balaban J connectivity index is 2.23. The SMILES string of the molecule is O=C1CN(c2ccc(CO)cc2Br)CCCN1. The van der Waals surface area contributed by atoms with Gasteiger partial charge in [0.25, 0.3) is 0 Å². The lowest BCUT2D eigenvalue weighted by atomic mass is 10.2. The fourth-order valence-electron chi connectivity index (χ4n) is 1.92. The van der Waals surface area contributed by atoms with Crippen LogP contribution in [0.3, 0.4) is 0 Å². The summed E-state index contributed by atoms with van der Waals surface area (Å²) in [4.78, 5) is 13.5. The number of carbonyl (C=O) groups is 1. The van der Waals surface area contributed by atoms with Gasteiger partial charge in [-0.15, -0.1) is 0 Å². The highest BCUT2D eigenvalue weighted by atomic mass is 79.9. The second kappa shape index (κ2) is 5.51. The van der Waals surface area contributed by atoms with Crippen molar-refractivity contribution in [2.75, 3.05) is 24.5 Å². The van der Waals surface area contributed by atoms with E-state index in [9.17, 15) is 4.79 Å². The normalized spacial score (nSPS) is 16.6. The smallest absolute Gasteiger partial charge is 0.239 e. The molecule has 4 nitrogen and oxygen atoms in total. The van der Waals surface area contributed by atoms with Crippen LogP contribution in [0.5, 0.6) is 0 Å². The number of carbonyl (C=O) groups excluding carboxylic acids is 1. The number of rotatable bonds is 2. The van der Waals surface area contributed by atoms with Crippen molar-refractivity contribution in [1.29, 1.82) is 0 Å². The van der Waals surface area contributed by atoms with Crippen molar-refractivity contribution in [2.24, 2.45) is 0 Å². The maximum absolute atomic E-state index is 11.5. The van der Waals surface area contributed by atoms with Crippen LogP contribution in [-0.2, 0) is 11.4 Å². The molecule has 1 amide bonds. The lowest BCUT2D eigenvalue weighted by Crippen LogP contribution is -2.33. The van der Waals surface area contributed by atoms with Crippen molar-refractivity contribution >= 4 is 27.5 Å². The van der Waals surface area contributed by atoms with Gasteiger partial charge < -0.3 is 15.3 Å². The van der Waals surface area contributed by atoms with Crippen LogP contribution >= 0.6 is 15.9 Å². The van der Waals surface area contributed by atoms with Gasteiger partial charge in [0.05, 0.1) is 18.8 Å². The molecule has 1 aliphatic heterocycles. The quantitative estimate of drug-likeness (QED) is 0.864. The van der Waals surface area contributed by atoms with Gasteiger partial charge in [-0.25, -0.2) is 0 Å². The van der Waals surface area contributed by atoms with Crippen LogP contribution in [0.1, 0.15) is 12.0 Å². The zero-order chi connectivity index (χ0) is 12.3. The minimum atomic E-state index is 0.0271. The average molecular weight is 299 g/mol. The number of halogens is 1. The lowest BCUT2D eigenvalue weighted by molar-refractivity contribution is -0.119. The molecule has 0 unspecified atom stereocenters. The number of aliphatic hydroxyl groups is 1. The lowest BCUT2D eigenvalue weighted by Gasteiger charge is -2.23. The van der Waals surface area contributed by atoms with Crippen molar-refractivity contribution in [2.45, 2.75) is 13.0 Å². The topological polar surface area (TPSA) is 52.6 Å². The molecule has 1 saturated heterocycles. The van der Waals surface area contributed by atoms with Crippen molar-refractivity contribution in [1.82, 2.24) is 5.32 Å². The van der Waals surface area contributed by atoms with Gasteiger partial charge >= 0.3 is 0 Å². The predicted octanol–water partition coefficient (Wildman–Crippen LogP) is 1.27. The molecule has 2 rings (SSSR count). The molecule has 1 aliphatic rings. The second-order valence-corrected chi connectivity index (χ2v) is 4.92. The van der Waals surface area contributed by atoms with E-state index in [1.165, 1.54) is 0 Å². The largest absolute Gasteiger partial charge is 0.392 e. The summed E-state index contributed by atoms with van der Waals surface area (Å²) >= 11 is 3.48. The summed E-state index contributed by atoms with van der Waals surface area (Å²) in [5.74, 6) is 0.0561. The van der Waals surface area contributed by atoms with Crippen LogP contribution in [0.4, 0.5) is 5.69 Å². The summed E-state index contributed by atoms with van der Waals surface area (Å²) in [5.41, 5.74) is 1.86. The Morgan fingerprint density at radius 3 is 3.00 bits per heavy atom. The van der Waals surface area contributed by atoms with E-state index < -0.39 is 0 Å². The van der Waals surface area contributed by atoms with Gasteiger partial charge in [-0.3, -0.25) is 4.79 Å². The van der Waals surface area contributed by atoms with Crippen LogP contribution in [0.25, 0.3) is 0 Å². The van der Waals surface area contributed by atoms with Crippen LogP contribution < -0.4 is 10.2 Å². The molecule has 1 aromatic carbocycles. The van der Waals surface area contributed by atoms with E-state index in [0.717, 1.165) is 35.2 Å². The highest BCUT2D eigenvalue weighted by Crippen LogP contribution is 2.27. The summed E-state index contributed by atoms with van der Waals surface area (Å²) in [5, 5.41) is 11.9. The first-order valence-corrected chi connectivity index (χ1v) is 6.41. The molecule has 2 N–H and O–H groups in total. The number of amides is 1. The van der Waals surface area contributed by atoms with Gasteiger partial charge in [-0.1, -0.05) is 6.07 Å². The maximum atomic E-state index is 11.5. The molecule has 0 saturated carbocycles. The molecule has 0 bridgehead atoms. The Labute approximate surface area is 109 Å². The van der Waals surface area contributed by atoms with Gasteiger partial charge in [-0.05, 0) is 40.0 Å². The molecular weight excluding hydrogens is 284 g/mol. The van der Waals surface area contributed by atoms with E-state index in [4.69, 9.17) is 5.11 Å². The van der Waals surface area contributed by atoms with Gasteiger partial charge in [0.1, 0.15) is 0 Å². The van der Waals surface area contributed by atoms with Gasteiger partial charge in [-0.2, -0.15) is 0 Å². The molecule has 0 aromatic heterocycles. The van der Waals surface area contributed by atoms with Crippen molar-refractivity contribution in [3.63, 3.8) is 0 Å². The van der Waals surface area contributed by atoms with Crippen LogP contribution in [0.15, 0.2) is 22.7 Å². The fourth-order valence-corrected chi connectivity index (χ4v) is 2.59. The first-order valence-electron chi connectivity index (χ1n) is 5.61. The number of aliphatic hydroxyl groups excluding tert-OH is 1. The maximum Gasteiger partial charge on any atom is 0.239 e. The number of nitrogens with one attached hydrogen (secondary N) is 1. The summed E-state index contributed by atoms with van der Waals surface area (Å²) in [6.07, 6.45) is 0.944. The highest BCUT2D eigenvalue weighted by molar-refractivity contribution is 9.10. The van der Waals surface area contributed by atoms with E-state index in [0.29, 0.717) is 6.54 Å². The molecule has 1 aromatic rings. The summed E-state index contributed by atoms with van der Waals surface area (Å²) in [6.45, 7) is 2.01. The molecule has 17 heavy (non-hydrogen) atoms. The molecule has 92 valence electrons. The van der Waals surface area contributed by atoms with Gasteiger partial charge in [0.15, 0.2) is 0 Å². The average Bonchev–Trinajstić information content (AvgIpc) is 2.53. The van der Waals surface area contributed by atoms with Gasteiger partial charge in [0.2, 0.25) is 5.91 Å². The van der Waals surface area contributed by atoms with E-state index in [1.54, 1.807) is 0 Å². The monoisotopic (exact) mass is 298 g/mol. The zero-order valence-corrected chi connectivity index (χ0v) is 11.0. The van der Waals surface area contributed by atoms with E-state index in [2.05, 4.69) is 21.2 Å². The van der Waals surface area contributed by atoms with Crippen molar-refractivity contribution < 1.29 is 9.90 Å². The molecule has 0 spiro atoms. The Kier molecular flexibility index (Phi) is 4.02. The summed E-state index contributed by atoms with van der Waals surface area (Å²) in [6, 6.07) is 5.70. The first-order chi connectivity index (χ1) is 8.20. The first kappa shape index (κ1) is 12.4. The molecule has 1 heterocycles. The van der Waals surface area contributed by atoms with E-state index >= 15 is 0 Å². The van der Waals surface area contributed by atoms with Crippen LogP contribution in [0.2, 0.25) is 0 Å². The zero-order valence-electron chi connectivity index (χ0n) is 9.45. The Bertz CT molecular complexity index is 423. The minimum absolute atomic E-state index is 0.0271. The third kappa shape index (κ3) is 2.98. The standard InChI is InChI=1S/C12H15BrN2O2/c13-10-6-9(8-16)2-3-11(10)15-5-1-4-14-12(17)7-15/h2-3,6,16H,1,4-5,7-8H2,(H,14,17). The third-order valence-corrected chi connectivity index (χ3v) is 3.43. The number of nitrogens with zero attached hydrogens (tertiary/aromatic N) is 1. The summed E-state index contributed by atoms with van der Waals surface area (Å²) < 4.78 is 0.916. The van der Waals surface area contributed by atoms with Crippen molar-refractivity contribution in [3.8, 4) is 0 Å². The highest BCUT2D eigenvalue weighted by Gasteiger charge is 2.16. The predicted molar refractivity (Wildman–Crippen MR) is 69.9 cm³/mol. The Morgan fingerprint density at radius 1 is 1.47 bits per heavy atom. The van der Waals surface area contributed by atoms with Gasteiger partial charge in [0, 0.05) is 17.6 Å². The Hall–Kier alpha value is -1.07. The Morgan fingerprint density at radius 2 is 2.29 bits per heavy atom. The van der Waals surface area contributed by atoms with E-state index in [-0.39, 0.29) is 12.5 Å². The fraction of sp³-hybridized carbons (Fsp3) is 0.417. The summed E-state index contributed by atoms with van der Waals surface area (Å²) in [7, 11) is 0. The molecule has 0 atom stereocenters. The minimum Gasteiger partial charge on any atom is -0.392 e. The van der Waals surface area contributed by atoms with Crippen LogP contribution in [0, 0.1) is 0 Å². The number of anilines is 1. The third-order valence-electron chi connectivity index (χ3n) is 2.80. The molecule has 1 fully saturated rings. The number of benzene rings is 1. The molecule has 0 radical (unpaired) electrons. The molecule has 5 heteroatoms.